The van der Waals surface area contributed by atoms with Crippen molar-refractivity contribution in [2.24, 2.45) is 0 Å². The van der Waals surface area contributed by atoms with Gasteiger partial charge in [0.1, 0.15) is 6.61 Å². The summed E-state index contributed by atoms with van der Waals surface area (Å²) in [6, 6.07) is 0. The molecule has 0 radical (unpaired) electrons. The topological polar surface area (TPSA) is 50.4 Å². The first kappa shape index (κ1) is 10.9. The second-order valence-corrected chi connectivity index (χ2v) is 4.87. The number of nitrogens with one attached hydrogen (secondary N) is 2. The van der Waals surface area contributed by atoms with Crippen molar-refractivity contribution in [2.75, 3.05) is 19.7 Å². The van der Waals surface area contributed by atoms with Gasteiger partial charge in [0.25, 0.3) is 0 Å². The van der Waals surface area contributed by atoms with Gasteiger partial charge in [-0.3, -0.25) is 4.79 Å². The Hall–Kier alpha value is -0.610. The minimum atomic E-state index is 0.0357. The number of piperidine rings is 1. The van der Waals surface area contributed by atoms with Gasteiger partial charge in [-0.15, -0.1) is 0 Å². The molecule has 0 aromatic heterocycles. The summed E-state index contributed by atoms with van der Waals surface area (Å²) in [6.07, 6.45) is 4.51. The standard InChI is InChI=1S/C11H20N2O2/c1-11(4-5-11)13-10(14)8-15-9-2-6-12-7-3-9/h9,12H,2-8H2,1H3,(H,13,14). The van der Waals surface area contributed by atoms with E-state index >= 15 is 0 Å². The van der Waals surface area contributed by atoms with Crippen LogP contribution in [0.15, 0.2) is 0 Å². The number of carbonyl (C=O) groups excluding carboxylic acids is 1. The fraction of sp³-hybridized carbons (Fsp3) is 0.909. The Morgan fingerprint density at radius 2 is 2.13 bits per heavy atom. The summed E-state index contributed by atoms with van der Waals surface area (Å²) >= 11 is 0. The number of carbonyl (C=O) groups is 1. The molecule has 1 aliphatic heterocycles. The molecule has 0 aromatic carbocycles. The van der Waals surface area contributed by atoms with Crippen molar-refractivity contribution < 1.29 is 9.53 Å². The third-order valence-electron chi connectivity index (χ3n) is 3.18. The molecule has 4 nitrogen and oxygen atoms in total. The lowest BCUT2D eigenvalue weighted by atomic mass is 10.1. The lowest BCUT2D eigenvalue weighted by molar-refractivity contribution is -0.129. The monoisotopic (exact) mass is 212 g/mol. The van der Waals surface area contributed by atoms with Crippen LogP contribution in [0, 0.1) is 0 Å². The van der Waals surface area contributed by atoms with Crippen molar-refractivity contribution >= 4 is 5.91 Å². The molecule has 0 spiro atoms. The smallest absolute Gasteiger partial charge is 0.246 e. The molecule has 1 aliphatic carbocycles. The van der Waals surface area contributed by atoms with E-state index in [0.717, 1.165) is 38.8 Å². The van der Waals surface area contributed by atoms with E-state index in [0.29, 0.717) is 0 Å². The molecule has 2 aliphatic rings. The minimum Gasteiger partial charge on any atom is -0.368 e. The highest BCUT2D eigenvalue weighted by atomic mass is 16.5. The Balaban J connectivity index is 1.61. The molecular weight excluding hydrogens is 192 g/mol. The number of hydrogen-bond acceptors (Lipinski definition) is 3. The van der Waals surface area contributed by atoms with Crippen LogP contribution in [-0.4, -0.2) is 37.2 Å². The van der Waals surface area contributed by atoms with Crippen molar-refractivity contribution in [3.05, 3.63) is 0 Å². The second-order valence-electron chi connectivity index (χ2n) is 4.87. The zero-order chi connectivity index (χ0) is 10.7. The number of ether oxygens (including phenoxy) is 1. The quantitative estimate of drug-likeness (QED) is 0.710. The largest absolute Gasteiger partial charge is 0.368 e. The lowest BCUT2D eigenvalue weighted by Crippen LogP contribution is -2.39. The van der Waals surface area contributed by atoms with Gasteiger partial charge in [0.05, 0.1) is 6.10 Å². The molecule has 4 heteroatoms. The van der Waals surface area contributed by atoms with Crippen LogP contribution in [0.2, 0.25) is 0 Å². The maximum absolute atomic E-state index is 11.5. The van der Waals surface area contributed by atoms with E-state index in [1.807, 2.05) is 0 Å². The van der Waals surface area contributed by atoms with E-state index in [1.54, 1.807) is 0 Å². The fourth-order valence-corrected chi connectivity index (χ4v) is 1.84. The van der Waals surface area contributed by atoms with Gasteiger partial charge >= 0.3 is 0 Å². The highest BCUT2D eigenvalue weighted by Crippen LogP contribution is 2.34. The molecule has 1 saturated heterocycles. The van der Waals surface area contributed by atoms with Crippen LogP contribution >= 0.6 is 0 Å². The molecule has 86 valence electrons. The predicted octanol–water partition coefficient (Wildman–Crippen LogP) is 0.424. The average molecular weight is 212 g/mol. The summed E-state index contributed by atoms with van der Waals surface area (Å²) in [5, 5.41) is 6.26. The molecule has 0 aromatic rings. The van der Waals surface area contributed by atoms with Crippen LogP contribution in [-0.2, 0) is 9.53 Å². The number of rotatable bonds is 4. The summed E-state index contributed by atoms with van der Waals surface area (Å²) in [7, 11) is 0. The SMILES string of the molecule is CC1(NC(=O)COC2CCNCC2)CC1. The maximum atomic E-state index is 11.5. The van der Waals surface area contributed by atoms with Gasteiger partial charge in [-0.05, 0) is 45.7 Å². The van der Waals surface area contributed by atoms with Gasteiger partial charge in [0.15, 0.2) is 0 Å². The molecule has 0 unspecified atom stereocenters. The van der Waals surface area contributed by atoms with Crippen LogP contribution in [0.4, 0.5) is 0 Å². The first-order valence-electron chi connectivity index (χ1n) is 5.81. The van der Waals surface area contributed by atoms with Crippen LogP contribution < -0.4 is 10.6 Å². The average Bonchev–Trinajstić information content (AvgIpc) is 2.95. The van der Waals surface area contributed by atoms with E-state index < -0.39 is 0 Å². The highest BCUT2D eigenvalue weighted by molar-refractivity contribution is 5.78. The van der Waals surface area contributed by atoms with Crippen molar-refractivity contribution in [2.45, 2.75) is 44.2 Å². The third kappa shape index (κ3) is 3.47. The molecule has 1 amide bonds. The Bertz CT molecular complexity index is 233. The van der Waals surface area contributed by atoms with Crippen LogP contribution in [0.5, 0.6) is 0 Å². The molecule has 15 heavy (non-hydrogen) atoms. The zero-order valence-corrected chi connectivity index (χ0v) is 9.34. The normalized spacial score (nSPS) is 24.9. The Kier molecular flexibility index (Phi) is 3.26. The minimum absolute atomic E-state index is 0.0357. The molecule has 1 saturated carbocycles. The Morgan fingerprint density at radius 3 is 2.73 bits per heavy atom. The van der Waals surface area contributed by atoms with Gasteiger partial charge in [-0.25, -0.2) is 0 Å². The Morgan fingerprint density at radius 1 is 1.47 bits per heavy atom. The fourth-order valence-electron chi connectivity index (χ4n) is 1.84. The van der Waals surface area contributed by atoms with Gasteiger partial charge in [-0.2, -0.15) is 0 Å². The van der Waals surface area contributed by atoms with E-state index in [-0.39, 0.29) is 24.2 Å². The first-order valence-corrected chi connectivity index (χ1v) is 5.81. The van der Waals surface area contributed by atoms with Gasteiger partial charge in [0, 0.05) is 5.54 Å². The molecule has 2 fully saturated rings. The predicted molar refractivity (Wildman–Crippen MR) is 57.6 cm³/mol. The molecular formula is C11H20N2O2. The lowest BCUT2D eigenvalue weighted by Gasteiger charge is -2.23. The second kappa shape index (κ2) is 4.49. The van der Waals surface area contributed by atoms with Crippen molar-refractivity contribution in [1.29, 1.82) is 0 Å². The summed E-state index contributed by atoms with van der Waals surface area (Å²) in [4.78, 5) is 11.5. The number of hydrogen-bond donors (Lipinski definition) is 2. The summed E-state index contributed by atoms with van der Waals surface area (Å²) in [5.41, 5.74) is 0.0779. The zero-order valence-electron chi connectivity index (χ0n) is 9.34. The summed E-state index contributed by atoms with van der Waals surface area (Å²) < 4.78 is 5.57. The molecule has 2 N–H and O–H groups in total. The van der Waals surface area contributed by atoms with Crippen molar-refractivity contribution in [3.63, 3.8) is 0 Å². The third-order valence-corrected chi connectivity index (χ3v) is 3.18. The van der Waals surface area contributed by atoms with Crippen LogP contribution in [0.25, 0.3) is 0 Å². The maximum Gasteiger partial charge on any atom is 0.246 e. The van der Waals surface area contributed by atoms with Gasteiger partial charge < -0.3 is 15.4 Å². The molecule has 1 heterocycles. The molecule has 0 bridgehead atoms. The van der Waals surface area contributed by atoms with Gasteiger partial charge in [-0.1, -0.05) is 0 Å². The Labute approximate surface area is 90.8 Å². The first-order chi connectivity index (χ1) is 7.18. The van der Waals surface area contributed by atoms with Crippen LogP contribution in [0.3, 0.4) is 0 Å². The summed E-state index contributed by atoms with van der Waals surface area (Å²) in [5.74, 6) is 0.0357. The van der Waals surface area contributed by atoms with Crippen molar-refractivity contribution in [1.82, 2.24) is 10.6 Å². The van der Waals surface area contributed by atoms with E-state index in [9.17, 15) is 4.79 Å². The summed E-state index contributed by atoms with van der Waals surface area (Å²) in [6.45, 7) is 4.31. The molecule has 0 atom stereocenters. The van der Waals surface area contributed by atoms with Crippen molar-refractivity contribution in [3.8, 4) is 0 Å². The van der Waals surface area contributed by atoms with E-state index in [2.05, 4.69) is 17.6 Å². The number of amides is 1. The van der Waals surface area contributed by atoms with Crippen LogP contribution in [0.1, 0.15) is 32.6 Å². The van der Waals surface area contributed by atoms with Gasteiger partial charge in [0.2, 0.25) is 5.91 Å². The van der Waals surface area contributed by atoms with E-state index in [1.165, 1.54) is 0 Å². The highest BCUT2D eigenvalue weighted by Gasteiger charge is 2.38. The molecule has 2 rings (SSSR count). The van der Waals surface area contributed by atoms with E-state index in [4.69, 9.17) is 4.74 Å².